The molecular weight excluding hydrogens is 468 g/mol. The van der Waals surface area contributed by atoms with Gasteiger partial charge in [0.25, 0.3) is 0 Å². The van der Waals surface area contributed by atoms with Crippen LogP contribution in [-0.2, 0) is 4.57 Å². The predicted octanol–water partition coefficient (Wildman–Crippen LogP) is 7.15. The molecule has 0 atom stereocenters. The minimum Gasteiger partial charge on any atom is -0.318 e. The molecule has 0 spiro atoms. The second-order valence-corrected chi connectivity index (χ2v) is 14.3. The summed E-state index contributed by atoms with van der Waals surface area (Å²) in [6, 6.07) is 39.6. The molecule has 1 aliphatic rings. The molecule has 35 heavy (non-hydrogen) atoms. The summed E-state index contributed by atoms with van der Waals surface area (Å²) >= 11 is 0. The molecule has 0 amide bonds. The highest BCUT2D eigenvalue weighted by Crippen LogP contribution is 2.68. The first-order valence-corrected chi connectivity index (χ1v) is 15.3. The van der Waals surface area contributed by atoms with Crippen molar-refractivity contribution < 1.29 is 4.57 Å². The van der Waals surface area contributed by atoms with Crippen LogP contribution in [0.25, 0.3) is 0 Å². The van der Waals surface area contributed by atoms with E-state index in [4.69, 9.17) is 0 Å². The van der Waals surface area contributed by atoms with Gasteiger partial charge in [0.15, 0.2) is 7.36 Å². The van der Waals surface area contributed by atoms with E-state index >= 15 is 0 Å². The van der Waals surface area contributed by atoms with E-state index in [0.717, 1.165) is 40.4 Å². The van der Waals surface area contributed by atoms with Crippen molar-refractivity contribution in [1.29, 1.82) is 5.16 Å². The number of para-hydroxylation sites is 2. The topological polar surface area (TPSA) is 47.4 Å². The van der Waals surface area contributed by atoms with E-state index in [-0.39, 0.29) is 6.16 Å². The average molecular weight is 498 g/mol. The Balaban J connectivity index is 1.62. The second kappa shape index (κ2) is 9.74. The van der Waals surface area contributed by atoms with Gasteiger partial charge in [0, 0.05) is 46.5 Å². The first kappa shape index (κ1) is 23.4. The fourth-order valence-corrected chi connectivity index (χ4v) is 11.3. The van der Waals surface area contributed by atoms with Gasteiger partial charge in [-0.25, -0.2) is 0 Å². The summed E-state index contributed by atoms with van der Waals surface area (Å²) in [5, 5.41) is 12.3. The summed E-state index contributed by atoms with van der Waals surface area (Å²) in [6.45, 7) is 5.94. The number of anilines is 2. The van der Waals surface area contributed by atoms with Crippen LogP contribution in [0.3, 0.4) is 0 Å². The third-order valence-corrected chi connectivity index (χ3v) is 13.2. The lowest BCUT2D eigenvalue weighted by molar-refractivity contribution is 0.588. The van der Waals surface area contributed by atoms with Crippen molar-refractivity contribution in [2.24, 2.45) is 0 Å². The van der Waals surface area contributed by atoms with E-state index in [9.17, 15) is 9.73 Å². The lowest BCUT2D eigenvalue weighted by Gasteiger charge is -2.38. The molecule has 0 aromatic heterocycles. The summed E-state index contributed by atoms with van der Waals surface area (Å²) in [7, 11) is -5.92. The zero-order valence-electron chi connectivity index (χ0n) is 19.6. The molecule has 0 bridgehead atoms. The third kappa shape index (κ3) is 4.29. The summed E-state index contributed by atoms with van der Waals surface area (Å²) in [4.78, 5) is 0. The van der Waals surface area contributed by atoms with Gasteiger partial charge in [0.1, 0.15) is 7.14 Å². The molecule has 0 unspecified atom stereocenters. The van der Waals surface area contributed by atoms with Crippen LogP contribution >= 0.6 is 14.5 Å². The van der Waals surface area contributed by atoms with Gasteiger partial charge < -0.3 is 13.9 Å². The predicted molar refractivity (Wildman–Crippen MR) is 151 cm³/mol. The molecule has 4 nitrogen and oxygen atoms in total. The molecular formula is C29H29N3OP2. The highest BCUT2D eigenvalue weighted by atomic mass is 31.2. The smallest absolute Gasteiger partial charge is 0.168 e. The number of nitrogens with zero attached hydrogens (tertiary/aromatic N) is 2. The molecule has 5 rings (SSSR count). The lowest BCUT2D eigenvalue weighted by Crippen LogP contribution is -2.24. The van der Waals surface area contributed by atoms with Crippen molar-refractivity contribution in [3.63, 3.8) is 0 Å². The fraction of sp³-hybridized carbons (Fsp3) is 0.103. The van der Waals surface area contributed by atoms with Crippen LogP contribution < -0.4 is 19.9 Å². The summed E-state index contributed by atoms with van der Waals surface area (Å²) < 4.78 is 19.2. The molecule has 1 fully saturated rings. The van der Waals surface area contributed by atoms with Gasteiger partial charge in [0.05, 0.1) is 0 Å². The number of rotatable bonds is 7. The Labute approximate surface area is 207 Å². The molecule has 1 aliphatic heterocycles. The highest BCUT2D eigenvalue weighted by Gasteiger charge is 2.44. The number of hydrogen-bond acceptors (Lipinski definition) is 2. The molecule has 0 aliphatic carbocycles. The Morgan fingerprint density at radius 3 is 1.40 bits per heavy atom. The van der Waals surface area contributed by atoms with Crippen molar-refractivity contribution >= 4 is 36.5 Å². The minimum atomic E-state index is -3.06. The Kier molecular flexibility index (Phi) is 6.52. The second-order valence-electron chi connectivity index (χ2n) is 8.65. The number of allylic oxidation sites excluding steroid dienone is 1. The van der Waals surface area contributed by atoms with Crippen molar-refractivity contribution in [2.75, 3.05) is 28.6 Å². The Morgan fingerprint density at radius 1 is 0.686 bits per heavy atom. The van der Waals surface area contributed by atoms with Crippen molar-refractivity contribution in [1.82, 2.24) is 0 Å². The van der Waals surface area contributed by atoms with Crippen molar-refractivity contribution in [3.8, 4) is 0 Å². The van der Waals surface area contributed by atoms with Crippen molar-refractivity contribution in [3.05, 3.63) is 133 Å². The van der Waals surface area contributed by atoms with E-state index in [0.29, 0.717) is 0 Å². The van der Waals surface area contributed by atoms with Gasteiger partial charge in [-0.2, -0.15) is 0 Å². The Morgan fingerprint density at radius 2 is 1.03 bits per heavy atom. The largest absolute Gasteiger partial charge is 0.318 e. The monoisotopic (exact) mass is 497 g/mol. The molecule has 0 radical (unpaired) electrons. The molecule has 176 valence electrons. The number of hydrogen-bond donors (Lipinski definition) is 1. The molecule has 4 aromatic carbocycles. The number of nitrogens with one attached hydrogen (secondary N) is 1. The maximum atomic E-state index is 14.8. The average Bonchev–Trinajstić information content (AvgIpc) is 3.29. The van der Waals surface area contributed by atoms with E-state index in [1.165, 1.54) is 0 Å². The van der Waals surface area contributed by atoms with Crippen LogP contribution in [0.1, 0.15) is 0 Å². The van der Waals surface area contributed by atoms with Crippen molar-refractivity contribution in [2.45, 2.75) is 0 Å². The van der Waals surface area contributed by atoms with Crippen LogP contribution in [0, 0.1) is 5.16 Å². The Hall–Kier alpha value is -3.32. The summed E-state index contributed by atoms with van der Waals surface area (Å²) in [5.74, 6) is 0. The zero-order chi connectivity index (χ0) is 24.3. The maximum Gasteiger partial charge on any atom is 0.168 e. The summed E-state index contributed by atoms with van der Waals surface area (Å²) in [6.07, 6.45) is 0.255. The SMILES string of the molecule is C=C(CP(=O)(c1ccccc1)c1ccccc1)P1(=N)N(c2ccccc2)CCN1c1ccccc1. The standard InChI is InChI=1S/C29H29N3OP2/c1-25(24-34(33,28-18-10-4-11-19-28)29-20-12-5-13-21-29)35(30)31(26-14-6-2-7-15-26)22-23-32(35)27-16-8-3-9-17-27/h2-21,30H,1,22-24H2. The van der Waals surface area contributed by atoms with Gasteiger partial charge >= 0.3 is 0 Å². The Bertz CT molecular complexity index is 1300. The van der Waals surface area contributed by atoms with Crippen LogP contribution in [0.5, 0.6) is 0 Å². The van der Waals surface area contributed by atoms with Gasteiger partial charge in [0.2, 0.25) is 0 Å². The molecule has 1 saturated heterocycles. The van der Waals surface area contributed by atoms with E-state index in [1.54, 1.807) is 0 Å². The van der Waals surface area contributed by atoms with Crippen LogP contribution in [-0.4, -0.2) is 19.3 Å². The van der Waals surface area contributed by atoms with E-state index in [1.807, 2.05) is 97.1 Å². The van der Waals surface area contributed by atoms with Gasteiger partial charge in [-0.1, -0.05) is 104 Å². The molecule has 4 aromatic rings. The third-order valence-electron chi connectivity index (χ3n) is 6.52. The van der Waals surface area contributed by atoms with Gasteiger partial charge in [-0.3, -0.25) is 5.16 Å². The fourth-order valence-electron chi connectivity index (χ4n) is 4.77. The van der Waals surface area contributed by atoms with Crippen LogP contribution in [0.2, 0.25) is 0 Å². The number of benzene rings is 4. The van der Waals surface area contributed by atoms with E-state index < -0.39 is 14.5 Å². The molecule has 0 saturated carbocycles. The molecule has 6 heteroatoms. The quantitative estimate of drug-likeness (QED) is 0.276. The first-order valence-electron chi connectivity index (χ1n) is 11.7. The maximum absolute atomic E-state index is 14.8. The van der Waals surface area contributed by atoms with Crippen LogP contribution in [0.15, 0.2) is 133 Å². The summed E-state index contributed by atoms with van der Waals surface area (Å²) in [5.41, 5.74) is 2.01. The van der Waals surface area contributed by atoms with Crippen LogP contribution in [0.4, 0.5) is 11.4 Å². The highest BCUT2D eigenvalue weighted by molar-refractivity contribution is 7.81. The minimum absolute atomic E-state index is 0.255. The molecule has 1 N–H and O–H groups in total. The normalized spacial score (nSPS) is 15.2. The van der Waals surface area contributed by atoms with Gasteiger partial charge in [-0.15, -0.1) is 0 Å². The molecule has 1 heterocycles. The van der Waals surface area contributed by atoms with Gasteiger partial charge in [-0.05, 0) is 24.3 Å². The lowest BCUT2D eigenvalue weighted by atomic mass is 10.3. The van der Waals surface area contributed by atoms with E-state index in [2.05, 4.69) is 40.2 Å². The zero-order valence-corrected chi connectivity index (χ0v) is 21.4. The first-order chi connectivity index (χ1) is 17.0.